The van der Waals surface area contributed by atoms with Crippen molar-refractivity contribution in [1.29, 1.82) is 0 Å². The van der Waals surface area contributed by atoms with E-state index >= 15 is 0 Å². The van der Waals surface area contributed by atoms with Crippen LogP contribution < -0.4 is 0 Å². The number of rotatable bonds is 1. The number of hydrogen-bond donors (Lipinski definition) is 1. The van der Waals surface area contributed by atoms with Gasteiger partial charge in [0.1, 0.15) is 0 Å². The summed E-state index contributed by atoms with van der Waals surface area (Å²) < 4.78 is 0. The number of halogens is 3. The van der Waals surface area contributed by atoms with Gasteiger partial charge in [-0.2, -0.15) is 0 Å². The van der Waals surface area contributed by atoms with E-state index in [2.05, 4.69) is 4.98 Å². The molecule has 4 heteroatoms. The highest BCUT2D eigenvalue weighted by Gasteiger charge is 2.07. The molecule has 1 heterocycles. The van der Waals surface area contributed by atoms with Crippen LogP contribution in [0.3, 0.4) is 0 Å². The first-order chi connectivity index (χ1) is 8.63. The van der Waals surface area contributed by atoms with Crippen molar-refractivity contribution < 1.29 is 0 Å². The molecule has 0 unspecified atom stereocenters. The summed E-state index contributed by atoms with van der Waals surface area (Å²) in [6, 6.07) is 13.3. The number of aromatic amines is 1. The van der Waals surface area contributed by atoms with E-state index in [1.807, 2.05) is 36.4 Å². The maximum absolute atomic E-state index is 6.16. The topological polar surface area (TPSA) is 15.8 Å². The van der Waals surface area contributed by atoms with Crippen LogP contribution in [0.1, 0.15) is 0 Å². The lowest BCUT2D eigenvalue weighted by atomic mass is 10.1. The van der Waals surface area contributed by atoms with Crippen LogP contribution in [0.5, 0.6) is 0 Å². The Bertz CT molecular complexity index is 714. The van der Waals surface area contributed by atoms with Crippen LogP contribution in [0, 0.1) is 0 Å². The lowest BCUT2D eigenvalue weighted by Gasteiger charge is -1.97. The molecule has 90 valence electrons. The molecule has 3 rings (SSSR count). The lowest BCUT2D eigenvalue weighted by Crippen LogP contribution is -1.75. The first-order valence-corrected chi connectivity index (χ1v) is 6.50. The SMILES string of the molecule is Clc1ccc(-c2cc3c(Cl)cc(Cl)cc3[nH]2)cc1. The van der Waals surface area contributed by atoms with Gasteiger partial charge in [-0.3, -0.25) is 0 Å². The van der Waals surface area contributed by atoms with Gasteiger partial charge in [-0.15, -0.1) is 0 Å². The summed E-state index contributed by atoms with van der Waals surface area (Å²) in [6.07, 6.45) is 0. The van der Waals surface area contributed by atoms with Crippen molar-refractivity contribution in [3.8, 4) is 11.3 Å². The molecule has 1 N–H and O–H groups in total. The van der Waals surface area contributed by atoms with Crippen LogP contribution in [-0.4, -0.2) is 4.98 Å². The van der Waals surface area contributed by atoms with Gasteiger partial charge in [0.15, 0.2) is 0 Å². The Morgan fingerprint density at radius 3 is 2.22 bits per heavy atom. The highest BCUT2D eigenvalue weighted by Crippen LogP contribution is 2.32. The molecule has 0 saturated heterocycles. The van der Waals surface area contributed by atoms with Gasteiger partial charge in [-0.05, 0) is 35.9 Å². The second-order valence-electron chi connectivity index (χ2n) is 4.04. The number of H-pyrrole nitrogens is 1. The molecular formula is C14H8Cl3N. The molecule has 0 fully saturated rings. The Hall–Kier alpha value is -1.15. The molecule has 0 bridgehead atoms. The van der Waals surface area contributed by atoms with E-state index in [1.54, 1.807) is 6.07 Å². The number of hydrogen-bond acceptors (Lipinski definition) is 0. The van der Waals surface area contributed by atoms with Gasteiger partial charge in [-0.1, -0.05) is 46.9 Å². The molecule has 18 heavy (non-hydrogen) atoms. The third-order valence-corrected chi connectivity index (χ3v) is 3.59. The van der Waals surface area contributed by atoms with Crippen LogP contribution in [0.15, 0.2) is 42.5 Å². The highest BCUT2D eigenvalue weighted by molar-refractivity contribution is 6.38. The standard InChI is InChI=1S/C14H8Cl3N/c15-9-3-1-8(2-4-9)13-7-11-12(17)5-10(16)6-14(11)18-13/h1-7,18H. The third-order valence-electron chi connectivity index (χ3n) is 2.81. The fourth-order valence-corrected chi connectivity index (χ4v) is 2.62. The van der Waals surface area contributed by atoms with E-state index in [0.29, 0.717) is 10.0 Å². The van der Waals surface area contributed by atoms with Gasteiger partial charge in [0.05, 0.1) is 5.02 Å². The Morgan fingerprint density at radius 2 is 1.50 bits per heavy atom. The summed E-state index contributed by atoms with van der Waals surface area (Å²) in [5, 5.41) is 2.95. The van der Waals surface area contributed by atoms with Gasteiger partial charge in [0.25, 0.3) is 0 Å². The number of nitrogens with one attached hydrogen (secondary N) is 1. The summed E-state index contributed by atoms with van der Waals surface area (Å²) in [7, 11) is 0. The average molecular weight is 297 g/mol. The van der Waals surface area contributed by atoms with Crippen molar-refractivity contribution >= 4 is 45.7 Å². The summed E-state index contributed by atoms with van der Waals surface area (Å²) in [5.74, 6) is 0. The molecule has 0 amide bonds. The fraction of sp³-hybridized carbons (Fsp3) is 0. The largest absolute Gasteiger partial charge is 0.354 e. The molecule has 0 saturated carbocycles. The minimum Gasteiger partial charge on any atom is -0.354 e. The summed E-state index contributed by atoms with van der Waals surface area (Å²) in [5.41, 5.74) is 2.98. The monoisotopic (exact) mass is 295 g/mol. The van der Waals surface area contributed by atoms with Gasteiger partial charge >= 0.3 is 0 Å². The van der Waals surface area contributed by atoms with E-state index in [1.165, 1.54) is 0 Å². The first kappa shape index (κ1) is 11.9. The maximum Gasteiger partial charge on any atom is 0.0514 e. The van der Waals surface area contributed by atoms with E-state index in [-0.39, 0.29) is 0 Å². The van der Waals surface area contributed by atoms with Gasteiger partial charge in [-0.25, -0.2) is 0 Å². The summed E-state index contributed by atoms with van der Waals surface area (Å²) in [6.45, 7) is 0. The van der Waals surface area contributed by atoms with Crippen LogP contribution in [-0.2, 0) is 0 Å². The Balaban J connectivity index is 2.19. The minimum absolute atomic E-state index is 0.622. The molecule has 0 spiro atoms. The molecule has 2 aromatic carbocycles. The van der Waals surface area contributed by atoms with Gasteiger partial charge in [0.2, 0.25) is 0 Å². The van der Waals surface area contributed by atoms with Crippen LogP contribution >= 0.6 is 34.8 Å². The van der Waals surface area contributed by atoms with Crippen LogP contribution in [0.2, 0.25) is 15.1 Å². The molecule has 0 atom stereocenters. The van der Waals surface area contributed by atoms with E-state index in [4.69, 9.17) is 34.8 Å². The molecule has 0 aliphatic rings. The van der Waals surface area contributed by atoms with E-state index < -0.39 is 0 Å². The van der Waals surface area contributed by atoms with Crippen LogP contribution in [0.25, 0.3) is 22.2 Å². The van der Waals surface area contributed by atoms with Crippen molar-refractivity contribution in [2.45, 2.75) is 0 Å². The van der Waals surface area contributed by atoms with Crippen molar-refractivity contribution in [1.82, 2.24) is 4.98 Å². The zero-order valence-corrected chi connectivity index (χ0v) is 11.4. The van der Waals surface area contributed by atoms with Crippen molar-refractivity contribution in [3.05, 3.63) is 57.5 Å². The van der Waals surface area contributed by atoms with Gasteiger partial charge < -0.3 is 4.98 Å². The molecule has 0 radical (unpaired) electrons. The summed E-state index contributed by atoms with van der Waals surface area (Å²) in [4.78, 5) is 3.30. The molecule has 0 aliphatic heterocycles. The smallest absolute Gasteiger partial charge is 0.0514 e. The van der Waals surface area contributed by atoms with E-state index in [0.717, 1.165) is 27.2 Å². The van der Waals surface area contributed by atoms with Crippen LogP contribution in [0.4, 0.5) is 0 Å². The second kappa shape index (κ2) is 4.51. The normalized spacial score (nSPS) is 11.1. The third kappa shape index (κ3) is 2.10. The Morgan fingerprint density at radius 1 is 0.778 bits per heavy atom. The molecule has 0 aliphatic carbocycles. The average Bonchev–Trinajstić information content (AvgIpc) is 2.74. The van der Waals surface area contributed by atoms with Crippen molar-refractivity contribution in [2.24, 2.45) is 0 Å². The Kier molecular flexibility index (Phi) is 2.98. The molecular weight excluding hydrogens is 289 g/mol. The zero-order valence-electron chi connectivity index (χ0n) is 9.18. The number of aromatic nitrogens is 1. The number of benzene rings is 2. The first-order valence-electron chi connectivity index (χ1n) is 5.37. The Labute approximate surface area is 119 Å². The van der Waals surface area contributed by atoms with Crippen molar-refractivity contribution in [3.63, 3.8) is 0 Å². The lowest BCUT2D eigenvalue weighted by molar-refractivity contribution is 1.45. The molecule has 1 nitrogen and oxygen atoms in total. The molecule has 3 aromatic rings. The van der Waals surface area contributed by atoms with Gasteiger partial charge in [0, 0.05) is 26.6 Å². The maximum atomic E-state index is 6.16. The second-order valence-corrected chi connectivity index (χ2v) is 5.32. The van der Waals surface area contributed by atoms with E-state index in [9.17, 15) is 0 Å². The fourth-order valence-electron chi connectivity index (χ4n) is 1.95. The predicted octanol–water partition coefficient (Wildman–Crippen LogP) is 5.80. The summed E-state index contributed by atoms with van der Waals surface area (Å²) >= 11 is 18.0. The highest BCUT2D eigenvalue weighted by atomic mass is 35.5. The zero-order chi connectivity index (χ0) is 12.7. The molecule has 1 aromatic heterocycles. The predicted molar refractivity (Wildman–Crippen MR) is 78.8 cm³/mol. The number of fused-ring (bicyclic) bond motifs is 1. The minimum atomic E-state index is 0.622. The van der Waals surface area contributed by atoms with Crippen molar-refractivity contribution in [2.75, 3.05) is 0 Å². The quantitative estimate of drug-likeness (QED) is 0.584.